The standard InChI is InChI=1S/C19H26Cl2O4S/c1-24-18(22)11-15(19(23)25-2)13-26-10-6-4-3-5-7-14-8-9-16(20)12-17(14)21/h8-9,12,15H,3-7,10-11,13H2,1-2H3. The summed E-state index contributed by atoms with van der Waals surface area (Å²) in [7, 11) is 2.66. The molecule has 1 atom stereocenters. The molecule has 4 nitrogen and oxygen atoms in total. The van der Waals surface area contributed by atoms with Gasteiger partial charge in [-0.05, 0) is 42.7 Å². The second-order valence-corrected chi connectivity index (χ2v) is 7.97. The van der Waals surface area contributed by atoms with Crippen molar-refractivity contribution in [1.82, 2.24) is 0 Å². The predicted octanol–water partition coefficient (Wildman–Crippen LogP) is 5.18. The number of methoxy groups -OCH3 is 2. The number of esters is 2. The Labute approximate surface area is 169 Å². The monoisotopic (exact) mass is 420 g/mol. The Morgan fingerprint density at radius 3 is 2.46 bits per heavy atom. The predicted molar refractivity (Wildman–Crippen MR) is 108 cm³/mol. The fraction of sp³-hybridized carbons (Fsp3) is 0.579. The third-order valence-corrected chi connectivity index (χ3v) is 5.80. The molecule has 7 heteroatoms. The molecule has 0 N–H and O–H groups in total. The van der Waals surface area contributed by atoms with Crippen molar-refractivity contribution in [3.05, 3.63) is 33.8 Å². The molecule has 0 amide bonds. The lowest BCUT2D eigenvalue weighted by molar-refractivity contribution is -0.151. The van der Waals surface area contributed by atoms with E-state index in [-0.39, 0.29) is 18.4 Å². The topological polar surface area (TPSA) is 52.6 Å². The molecule has 1 rings (SSSR count). The number of unbranched alkanes of at least 4 members (excludes halogenated alkanes) is 3. The van der Waals surface area contributed by atoms with Crippen LogP contribution in [-0.2, 0) is 25.5 Å². The molecule has 1 aromatic carbocycles. The van der Waals surface area contributed by atoms with Crippen LogP contribution >= 0.6 is 35.0 Å². The van der Waals surface area contributed by atoms with Gasteiger partial charge < -0.3 is 9.47 Å². The number of hydrogen-bond acceptors (Lipinski definition) is 5. The first-order valence-corrected chi connectivity index (χ1v) is 10.5. The molecular formula is C19H26Cl2O4S. The molecule has 0 saturated carbocycles. The van der Waals surface area contributed by atoms with E-state index in [1.54, 1.807) is 17.8 Å². The fourth-order valence-electron chi connectivity index (χ4n) is 2.48. The lowest BCUT2D eigenvalue weighted by Crippen LogP contribution is -2.22. The molecule has 0 aliphatic carbocycles. The summed E-state index contributed by atoms with van der Waals surface area (Å²) in [6.45, 7) is 0. The zero-order valence-electron chi connectivity index (χ0n) is 15.3. The van der Waals surface area contributed by atoms with Gasteiger partial charge in [-0.15, -0.1) is 0 Å². The molecule has 26 heavy (non-hydrogen) atoms. The lowest BCUT2D eigenvalue weighted by atomic mass is 10.1. The van der Waals surface area contributed by atoms with E-state index in [4.69, 9.17) is 27.9 Å². The van der Waals surface area contributed by atoms with Crippen molar-refractivity contribution < 1.29 is 19.1 Å². The third kappa shape index (κ3) is 9.15. The molecule has 1 aromatic rings. The van der Waals surface area contributed by atoms with E-state index in [1.807, 2.05) is 12.1 Å². The van der Waals surface area contributed by atoms with E-state index in [0.717, 1.165) is 48.4 Å². The molecule has 146 valence electrons. The fourth-order valence-corrected chi connectivity index (χ4v) is 4.10. The Balaban J connectivity index is 2.15. The SMILES string of the molecule is COC(=O)CC(CSCCCCCCc1ccc(Cl)cc1Cl)C(=O)OC. The highest BCUT2D eigenvalue weighted by Crippen LogP contribution is 2.23. The molecule has 0 fully saturated rings. The van der Waals surface area contributed by atoms with E-state index in [9.17, 15) is 9.59 Å². The molecule has 0 aromatic heterocycles. The van der Waals surface area contributed by atoms with Crippen LogP contribution in [0.3, 0.4) is 0 Å². The number of aryl methyl sites for hydroxylation is 1. The minimum atomic E-state index is -0.440. The Morgan fingerprint density at radius 2 is 1.81 bits per heavy atom. The molecule has 0 bridgehead atoms. The van der Waals surface area contributed by atoms with Crippen LogP contribution in [0, 0.1) is 5.92 Å². The first-order valence-electron chi connectivity index (χ1n) is 8.64. The van der Waals surface area contributed by atoms with Gasteiger partial charge in [0.05, 0.1) is 26.6 Å². The Kier molecular flexibility index (Phi) is 11.8. The smallest absolute Gasteiger partial charge is 0.310 e. The Bertz CT molecular complexity index is 581. The number of hydrogen-bond donors (Lipinski definition) is 0. The molecule has 0 aliphatic heterocycles. The van der Waals surface area contributed by atoms with Crippen LogP contribution < -0.4 is 0 Å². The number of ether oxygens (including phenoxy) is 2. The maximum atomic E-state index is 11.7. The summed E-state index contributed by atoms with van der Waals surface area (Å²) < 4.78 is 9.37. The van der Waals surface area contributed by atoms with Crippen molar-refractivity contribution in [2.45, 2.75) is 38.5 Å². The number of halogens is 2. The molecular weight excluding hydrogens is 395 g/mol. The van der Waals surface area contributed by atoms with Gasteiger partial charge in [0, 0.05) is 15.8 Å². The van der Waals surface area contributed by atoms with Crippen molar-refractivity contribution in [2.24, 2.45) is 5.92 Å². The summed E-state index contributed by atoms with van der Waals surface area (Å²) in [5, 5.41) is 1.39. The van der Waals surface area contributed by atoms with E-state index >= 15 is 0 Å². The summed E-state index contributed by atoms with van der Waals surface area (Å²) >= 11 is 13.7. The summed E-state index contributed by atoms with van der Waals surface area (Å²) in [5.41, 5.74) is 1.13. The first kappa shape index (κ1) is 23.1. The van der Waals surface area contributed by atoms with Crippen molar-refractivity contribution >= 4 is 46.9 Å². The molecule has 0 saturated heterocycles. The molecule has 0 spiro atoms. The van der Waals surface area contributed by atoms with Gasteiger partial charge in [-0.3, -0.25) is 9.59 Å². The number of rotatable bonds is 12. The van der Waals surface area contributed by atoms with Crippen LogP contribution in [0.25, 0.3) is 0 Å². The highest BCUT2D eigenvalue weighted by molar-refractivity contribution is 7.99. The van der Waals surface area contributed by atoms with Crippen LogP contribution in [0.15, 0.2) is 18.2 Å². The average molecular weight is 421 g/mol. The van der Waals surface area contributed by atoms with Crippen molar-refractivity contribution in [3.63, 3.8) is 0 Å². The maximum absolute atomic E-state index is 11.7. The van der Waals surface area contributed by atoms with Crippen molar-refractivity contribution in [2.75, 3.05) is 25.7 Å². The highest BCUT2D eigenvalue weighted by Gasteiger charge is 2.22. The van der Waals surface area contributed by atoms with Crippen molar-refractivity contribution in [1.29, 1.82) is 0 Å². The minimum Gasteiger partial charge on any atom is -0.469 e. The highest BCUT2D eigenvalue weighted by atomic mass is 35.5. The lowest BCUT2D eigenvalue weighted by Gasteiger charge is -2.12. The Hall–Kier alpha value is -0.910. The van der Waals surface area contributed by atoms with Gasteiger partial charge in [-0.1, -0.05) is 42.1 Å². The van der Waals surface area contributed by atoms with E-state index < -0.39 is 5.92 Å². The zero-order chi connectivity index (χ0) is 19.4. The largest absolute Gasteiger partial charge is 0.469 e. The van der Waals surface area contributed by atoms with Gasteiger partial charge in [0.2, 0.25) is 0 Å². The number of carbonyl (C=O) groups is 2. The van der Waals surface area contributed by atoms with E-state index in [2.05, 4.69) is 4.74 Å². The molecule has 0 radical (unpaired) electrons. The van der Waals surface area contributed by atoms with Gasteiger partial charge in [-0.2, -0.15) is 11.8 Å². The number of thioether (sulfide) groups is 1. The van der Waals surface area contributed by atoms with Crippen LogP contribution in [0.2, 0.25) is 10.0 Å². The minimum absolute atomic E-state index is 0.0675. The van der Waals surface area contributed by atoms with Crippen molar-refractivity contribution in [3.8, 4) is 0 Å². The molecule has 0 heterocycles. The van der Waals surface area contributed by atoms with E-state index in [0.29, 0.717) is 10.8 Å². The number of carbonyl (C=O) groups excluding carboxylic acids is 2. The first-order chi connectivity index (χ1) is 12.5. The second kappa shape index (κ2) is 13.3. The summed E-state index contributed by atoms with van der Waals surface area (Å²) in [4.78, 5) is 23.0. The average Bonchev–Trinajstić information content (AvgIpc) is 2.63. The van der Waals surface area contributed by atoms with Gasteiger partial charge in [0.25, 0.3) is 0 Å². The quantitative estimate of drug-likeness (QED) is 0.344. The maximum Gasteiger partial charge on any atom is 0.310 e. The second-order valence-electron chi connectivity index (χ2n) is 5.98. The zero-order valence-corrected chi connectivity index (χ0v) is 17.6. The van der Waals surface area contributed by atoms with Gasteiger partial charge >= 0.3 is 11.9 Å². The van der Waals surface area contributed by atoms with Gasteiger partial charge in [0.15, 0.2) is 0 Å². The van der Waals surface area contributed by atoms with Gasteiger partial charge in [0.1, 0.15) is 0 Å². The van der Waals surface area contributed by atoms with E-state index in [1.165, 1.54) is 14.2 Å². The van der Waals surface area contributed by atoms with Gasteiger partial charge in [-0.25, -0.2) is 0 Å². The normalized spacial score (nSPS) is 11.8. The molecule has 0 aliphatic rings. The van der Waals surface area contributed by atoms with Crippen LogP contribution in [0.4, 0.5) is 0 Å². The third-order valence-electron chi connectivity index (χ3n) is 3.99. The van der Waals surface area contributed by atoms with Crippen LogP contribution in [-0.4, -0.2) is 37.7 Å². The number of benzene rings is 1. The Morgan fingerprint density at radius 1 is 1.08 bits per heavy atom. The summed E-state index contributed by atoms with van der Waals surface area (Å²) in [6, 6.07) is 5.63. The summed E-state index contributed by atoms with van der Waals surface area (Å²) in [6.07, 6.45) is 5.43. The van der Waals surface area contributed by atoms with Crippen LogP contribution in [0.5, 0.6) is 0 Å². The summed E-state index contributed by atoms with van der Waals surface area (Å²) in [5.74, 6) is 0.340. The van der Waals surface area contributed by atoms with Crippen LogP contribution in [0.1, 0.15) is 37.7 Å². The molecule has 1 unspecified atom stereocenters.